The number of piperidine rings is 1. The Morgan fingerprint density at radius 1 is 0.909 bits per heavy atom. The van der Waals surface area contributed by atoms with Gasteiger partial charge in [-0.05, 0) is 49.7 Å². The van der Waals surface area contributed by atoms with Crippen molar-refractivity contribution in [2.24, 2.45) is 0 Å². The van der Waals surface area contributed by atoms with Crippen LogP contribution in [0.25, 0.3) is 0 Å². The van der Waals surface area contributed by atoms with Crippen LogP contribution in [0.1, 0.15) is 30.4 Å². The molecule has 0 amide bonds. The maximum Gasteiger partial charge on any atom is 0.124 e. The number of rotatable bonds is 5. The second kappa shape index (κ2) is 7.66. The van der Waals surface area contributed by atoms with Crippen LogP contribution < -0.4 is 4.74 Å². The average Bonchev–Trinajstić information content (AvgIpc) is 2.56. The maximum atomic E-state index is 6.03. The van der Waals surface area contributed by atoms with Crippen LogP contribution in [0.5, 0.6) is 5.75 Å². The lowest BCUT2D eigenvalue weighted by atomic mass is 10.1. The molecule has 22 heavy (non-hydrogen) atoms. The molecule has 3 heteroatoms. The van der Waals surface area contributed by atoms with Gasteiger partial charge in [0, 0.05) is 17.1 Å². The normalized spacial score (nSPS) is 15.7. The molecule has 3 rings (SSSR count). The number of likely N-dealkylation sites (tertiary alicyclic amines) is 1. The molecule has 0 aromatic heterocycles. The Bertz CT molecular complexity index is 591. The molecule has 1 heterocycles. The Hall–Kier alpha value is -1.51. The van der Waals surface area contributed by atoms with E-state index in [2.05, 4.69) is 23.1 Å². The second-order valence-electron chi connectivity index (χ2n) is 5.86. The van der Waals surface area contributed by atoms with Gasteiger partial charge in [0.2, 0.25) is 0 Å². The third-order valence-corrected chi connectivity index (χ3v) is 4.37. The topological polar surface area (TPSA) is 12.5 Å². The summed E-state index contributed by atoms with van der Waals surface area (Å²) in [7, 11) is 0. The molecule has 0 aliphatic carbocycles. The van der Waals surface area contributed by atoms with Crippen LogP contribution in [0.3, 0.4) is 0 Å². The van der Waals surface area contributed by atoms with Crippen LogP contribution in [-0.2, 0) is 13.2 Å². The van der Waals surface area contributed by atoms with E-state index in [9.17, 15) is 0 Å². The molecule has 0 spiro atoms. The van der Waals surface area contributed by atoms with Crippen molar-refractivity contribution in [1.29, 1.82) is 0 Å². The second-order valence-corrected chi connectivity index (χ2v) is 6.30. The highest BCUT2D eigenvalue weighted by molar-refractivity contribution is 6.30. The summed E-state index contributed by atoms with van der Waals surface area (Å²) in [5.74, 6) is 0.989. The number of benzene rings is 2. The number of nitrogens with zero attached hydrogens (tertiary/aromatic N) is 1. The summed E-state index contributed by atoms with van der Waals surface area (Å²) in [5.41, 5.74) is 2.41. The van der Waals surface area contributed by atoms with E-state index in [4.69, 9.17) is 16.3 Å². The molecule has 116 valence electrons. The average molecular weight is 316 g/mol. The van der Waals surface area contributed by atoms with E-state index in [1.807, 2.05) is 30.3 Å². The number of halogens is 1. The van der Waals surface area contributed by atoms with Gasteiger partial charge in [-0.1, -0.05) is 48.4 Å². The zero-order valence-electron chi connectivity index (χ0n) is 12.8. The van der Waals surface area contributed by atoms with Crippen molar-refractivity contribution >= 4 is 11.6 Å². The van der Waals surface area contributed by atoms with Gasteiger partial charge in [-0.15, -0.1) is 0 Å². The molecular formula is C19H22ClNO. The van der Waals surface area contributed by atoms with Crippen molar-refractivity contribution in [3.8, 4) is 5.75 Å². The minimum Gasteiger partial charge on any atom is -0.489 e. The third-order valence-electron chi connectivity index (χ3n) is 4.12. The van der Waals surface area contributed by atoms with Crippen LogP contribution in [0.15, 0.2) is 48.5 Å². The molecule has 0 unspecified atom stereocenters. The monoisotopic (exact) mass is 315 g/mol. The first-order chi connectivity index (χ1) is 10.8. The molecule has 0 atom stereocenters. The largest absolute Gasteiger partial charge is 0.489 e. The Balaban J connectivity index is 1.64. The molecular weight excluding hydrogens is 294 g/mol. The number of ether oxygens (including phenoxy) is 1. The Morgan fingerprint density at radius 2 is 1.64 bits per heavy atom. The summed E-state index contributed by atoms with van der Waals surface area (Å²) >= 11 is 5.92. The molecule has 0 radical (unpaired) electrons. The van der Waals surface area contributed by atoms with Crippen molar-refractivity contribution in [2.45, 2.75) is 32.4 Å². The molecule has 1 aliphatic heterocycles. The van der Waals surface area contributed by atoms with Gasteiger partial charge in [0.05, 0.1) is 0 Å². The van der Waals surface area contributed by atoms with E-state index in [-0.39, 0.29) is 0 Å². The quantitative estimate of drug-likeness (QED) is 0.777. The van der Waals surface area contributed by atoms with Crippen LogP contribution in [0, 0.1) is 0 Å². The van der Waals surface area contributed by atoms with E-state index < -0.39 is 0 Å². The van der Waals surface area contributed by atoms with Crippen LogP contribution in [0.2, 0.25) is 5.02 Å². The van der Waals surface area contributed by atoms with Crippen molar-refractivity contribution in [3.05, 3.63) is 64.7 Å². The zero-order valence-corrected chi connectivity index (χ0v) is 13.6. The van der Waals surface area contributed by atoms with Crippen molar-refractivity contribution < 1.29 is 4.74 Å². The summed E-state index contributed by atoms with van der Waals surface area (Å²) in [6, 6.07) is 16.2. The minimum absolute atomic E-state index is 0.578. The van der Waals surface area contributed by atoms with Gasteiger partial charge in [0.25, 0.3) is 0 Å². The molecule has 0 saturated carbocycles. The summed E-state index contributed by atoms with van der Waals surface area (Å²) in [5, 5.41) is 0.759. The maximum absolute atomic E-state index is 6.03. The summed E-state index contributed by atoms with van der Waals surface area (Å²) < 4.78 is 6.03. The molecule has 2 aromatic rings. The van der Waals surface area contributed by atoms with Gasteiger partial charge in [-0.25, -0.2) is 0 Å². The van der Waals surface area contributed by atoms with Crippen LogP contribution in [0.4, 0.5) is 0 Å². The molecule has 1 aliphatic rings. The van der Waals surface area contributed by atoms with Crippen LogP contribution in [-0.4, -0.2) is 18.0 Å². The standard InChI is InChI=1S/C19H22ClNO/c20-18-10-8-16(9-11-18)15-22-19-7-3-2-6-17(19)14-21-12-4-1-5-13-21/h2-3,6-11H,1,4-5,12-15H2. The minimum atomic E-state index is 0.578. The molecule has 1 fully saturated rings. The van der Waals surface area contributed by atoms with E-state index in [1.54, 1.807) is 0 Å². The first kappa shape index (κ1) is 15.4. The van der Waals surface area contributed by atoms with Crippen molar-refractivity contribution in [1.82, 2.24) is 4.90 Å². The molecule has 0 N–H and O–H groups in total. The van der Waals surface area contributed by atoms with Gasteiger partial charge in [-0.2, -0.15) is 0 Å². The fourth-order valence-corrected chi connectivity index (χ4v) is 3.00. The smallest absolute Gasteiger partial charge is 0.124 e. The highest BCUT2D eigenvalue weighted by atomic mass is 35.5. The SMILES string of the molecule is Clc1ccc(COc2ccccc2CN2CCCCC2)cc1. The lowest BCUT2D eigenvalue weighted by Crippen LogP contribution is -2.29. The predicted octanol–water partition coefficient (Wildman–Crippen LogP) is 4.90. The zero-order chi connectivity index (χ0) is 15.2. The third kappa shape index (κ3) is 4.25. The van der Waals surface area contributed by atoms with Gasteiger partial charge in [0.15, 0.2) is 0 Å². The fraction of sp³-hybridized carbons (Fsp3) is 0.368. The van der Waals surface area contributed by atoms with E-state index in [1.165, 1.54) is 37.9 Å². The Kier molecular flexibility index (Phi) is 5.36. The van der Waals surface area contributed by atoms with E-state index >= 15 is 0 Å². The van der Waals surface area contributed by atoms with Crippen molar-refractivity contribution in [2.75, 3.05) is 13.1 Å². The molecule has 2 aromatic carbocycles. The van der Waals surface area contributed by atoms with Gasteiger partial charge < -0.3 is 4.74 Å². The Labute approximate surface area is 137 Å². The van der Waals surface area contributed by atoms with Gasteiger partial charge in [0.1, 0.15) is 12.4 Å². The highest BCUT2D eigenvalue weighted by Gasteiger charge is 2.12. The number of para-hydroxylation sites is 1. The molecule has 2 nitrogen and oxygen atoms in total. The fourth-order valence-electron chi connectivity index (χ4n) is 2.88. The molecule has 1 saturated heterocycles. The summed E-state index contributed by atoms with van der Waals surface area (Å²) in [6.07, 6.45) is 3.99. The summed E-state index contributed by atoms with van der Waals surface area (Å²) in [4.78, 5) is 2.52. The number of hydrogen-bond acceptors (Lipinski definition) is 2. The van der Waals surface area contributed by atoms with Gasteiger partial charge >= 0.3 is 0 Å². The molecule has 0 bridgehead atoms. The van der Waals surface area contributed by atoms with Crippen LogP contribution >= 0.6 is 11.6 Å². The summed E-state index contributed by atoms with van der Waals surface area (Å²) in [6.45, 7) is 3.96. The Morgan fingerprint density at radius 3 is 2.41 bits per heavy atom. The van der Waals surface area contributed by atoms with Gasteiger partial charge in [-0.3, -0.25) is 4.90 Å². The first-order valence-electron chi connectivity index (χ1n) is 7.99. The van der Waals surface area contributed by atoms with Crippen molar-refractivity contribution in [3.63, 3.8) is 0 Å². The van der Waals surface area contributed by atoms with E-state index in [0.717, 1.165) is 22.9 Å². The number of hydrogen-bond donors (Lipinski definition) is 0. The van der Waals surface area contributed by atoms with E-state index in [0.29, 0.717) is 6.61 Å². The lowest BCUT2D eigenvalue weighted by molar-refractivity contribution is 0.215. The lowest BCUT2D eigenvalue weighted by Gasteiger charge is -2.27. The predicted molar refractivity (Wildman–Crippen MR) is 91.4 cm³/mol. The highest BCUT2D eigenvalue weighted by Crippen LogP contribution is 2.23. The first-order valence-corrected chi connectivity index (χ1v) is 8.36.